The van der Waals surface area contributed by atoms with Crippen molar-refractivity contribution in [2.45, 2.75) is 87.0 Å². The molecule has 2 aromatic rings. The first-order chi connectivity index (χ1) is 22.4. The molecule has 0 saturated heterocycles. The third kappa shape index (κ3) is 16.9. The summed E-state index contributed by atoms with van der Waals surface area (Å²) >= 11 is 0. The number of allylic oxidation sites excluding steroid dienone is 6. The molecule has 254 valence electrons. The number of aliphatic imine (C=N–C) groups is 2. The highest BCUT2D eigenvalue weighted by Gasteiger charge is 2.15. The van der Waals surface area contributed by atoms with E-state index in [0.29, 0.717) is 6.54 Å². The zero-order valence-electron chi connectivity index (χ0n) is 30.1. The Balaban J connectivity index is 0.00000201. The maximum atomic E-state index is 9.56. The molecule has 1 aliphatic rings. The predicted molar refractivity (Wildman–Crippen MR) is 212 cm³/mol. The summed E-state index contributed by atoms with van der Waals surface area (Å²) in [6, 6.07) is 17.4. The maximum Gasteiger partial charge on any atom is 0.0606 e. The van der Waals surface area contributed by atoms with Crippen molar-refractivity contribution in [1.82, 2.24) is 5.32 Å². The maximum absolute atomic E-state index is 9.56. The van der Waals surface area contributed by atoms with Gasteiger partial charge in [0.1, 0.15) is 0 Å². The zero-order valence-corrected chi connectivity index (χ0v) is 31.3. The second kappa shape index (κ2) is 28.0. The molecule has 46 heavy (non-hydrogen) atoms. The Morgan fingerprint density at radius 3 is 2.24 bits per heavy atom. The van der Waals surface area contributed by atoms with Crippen molar-refractivity contribution < 1.29 is 5.11 Å². The van der Waals surface area contributed by atoms with E-state index in [1.165, 1.54) is 28.4 Å². The van der Waals surface area contributed by atoms with Crippen LogP contribution < -0.4 is 15.5 Å². The first kappa shape index (κ1) is 42.7. The van der Waals surface area contributed by atoms with E-state index in [0.717, 1.165) is 67.8 Å². The summed E-state index contributed by atoms with van der Waals surface area (Å²) in [6.45, 7) is 20.4. The van der Waals surface area contributed by atoms with Crippen LogP contribution in [0.1, 0.15) is 91.7 Å². The molecule has 1 aliphatic heterocycles. The Morgan fingerprint density at radius 2 is 1.70 bits per heavy atom. The smallest absolute Gasteiger partial charge is 0.0606 e. The molecule has 0 spiro atoms. The molecule has 0 saturated carbocycles. The highest BCUT2D eigenvalue weighted by Crippen LogP contribution is 2.31. The number of anilines is 1. The van der Waals surface area contributed by atoms with Crippen molar-refractivity contribution in [3.05, 3.63) is 101 Å². The van der Waals surface area contributed by atoms with Crippen molar-refractivity contribution in [2.24, 2.45) is 9.98 Å². The number of nitrogens with one attached hydrogen (secondary N) is 1. The summed E-state index contributed by atoms with van der Waals surface area (Å²) in [5.74, 6) is 0. The Bertz CT molecular complexity index is 1240. The monoisotopic (exact) mass is 646 g/mol. The van der Waals surface area contributed by atoms with Crippen molar-refractivity contribution >= 4 is 38.2 Å². The van der Waals surface area contributed by atoms with E-state index in [2.05, 4.69) is 112 Å². The highest BCUT2D eigenvalue weighted by molar-refractivity contribution is 7.27. The number of hydrogen-bond acceptors (Lipinski definition) is 5. The number of rotatable bonds is 14. The third-order valence-corrected chi connectivity index (χ3v) is 7.35. The van der Waals surface area contributed by atoms with Crippen LogP contribution in [0, 0.1) is 0 Å². The van der Waals surface area contributed by atoms with Gasteiger partial charge >= 0.3 is 0 Å². The minimum Gasteiger partial charge on any atom is -0.395 e. The lowest BCUT2D eigenvalue weighted by molar-refractivity contribution is 0.301. The second-order valence-electron chi connectivity index (χ2n) is 10.5. The van der Waals surface area contributed by atoms with E-state index in [1.54, 1.807) is 19.3 Å². The summed E-state index contributed by atoms with van der Waals surface area (Å²) in [5.41, 5.74) is 8.30. The van der Waals surface area contributed by atoms with Crippen LogP contribution in [-0.2, 0) is 6.42 Å². The fourth-order valence-electron chi connectivity index (χ4n) is 4.60. The summed E-state index contributed by atoms with van der Waals surface area (Å²) < 4.78 is 0. The number of hydrogen-bond donors (Lipinski definition) is 2. The number of unbranched alkanes of at least 4 members (excludes halogenated alkanes) is 2. The van der Waals surface area contributed by atoms with Crippen LogP contribution in [0.5, 0.6) is 0 Å². The molecule has 2 aromatic carbocycles. The molecular weight excluding hydrogens is 583 g/mol. The van der Waals surface area contributed by atoms with E-state index in [-0.39, 0.29) is 6.61 Å². The largest absolute Gasteiger partial charge is 0.395 e. The van der Waals surface area contributed by atoms with E-state index in [4.69, 9.17) is 4.99 Å². The number of aliphatic hydroxyl groups is 1. The lowest BCUT2D eigenvalue weighted by Gasteiger charge is -2.24. The van der Waals surface area contributed by atoms with Gasteiger partial charge in [-0.3, -0.25) is 4.99 Å². The van der Waals surface area contributed by atoms with Gasteiger partial charge in [0.15, 0.2) is 0 Å². The molecule has 2 N–H and O–H groups in total. The standard InChI is InChI=1S/C32H44N3OP.C3H7N.C3H6.C2H6/c1-4-7-18-33-31(6-3)27-14-17-30(32(34-24-27)23-25-10-9-11-29(37)22-25)26-12-15-28(16-13-26)35(20-21-36)19-8-5-2;1-3-4-2;1-3-2;1-2/h6,9-16,22,24,33,36H,4-5,7-8,17-21,23,37H2,1-3H3;3H,1-2H3;3H,1H2,2H3;1-2H3/b31-6+;;;. The van der Waals surface area contributed by atoms with Crippen LogP contribution in [0.2, 0.25) is 0 Å². The molecule has 1 heterocycles. The van der Waals surface area contributed by atoms with Crippen molar-refractivity contribution in [1.29, 1.82) is 0 Å². The van der Waals surface area contributed by atoms with Gasteiger partial charge in [0.2, 0.25) is 0 Å². The molecular formula is C40H63N4OP. The van der Waals surface area contributed by atoms with E-state index in [1.807, 2.05) is 33.9 Å². The number of aliphatic hydroxyl groups excluding tert-OH is 1. The Morgan fingerprint density at radius 1 is 1.04 bits per heavy atom. The van der Waals surface area contributed by atoms with Gasteiger partial charge in [0, 0.05) is 62.0 Å². The lowest BCUT2D eigenvalue weighted by atomic mass is 9.96. The van der Waals surface area contributed by atoms with Gasteiger partial charge in [-0.25, -0.2) is 0 Å². The molecule has 6 heteroatoms. The Kier molecular flexibility index (Phi) is 26.0. The molecule has 0 aromatic heterocycles. The lowest BCUT2D eigenvalue weighted by Crippen LogP contribution is -2.27. The summed E-state index contributed by atoms with van der Waals surface area (Å²) in [4.78, 5) is 11.0. The highest BCUT2D eigenvalue weighted by atomic mass is 31.0. The van der Waals surface area contributed by atoms with Gasteiger partial charge in [-0.1, -0.05) is 95.2 Å². The van der Waals surface area contributed by atoms with Gasteiger partial charge in [-0.05, 0) is 80.4 Å². The van der Waals surface area contributed by atoms with Gasteiger partial charge in [-0.2, -0.15) is 0 Å². The molecule has 0 radical (unpaired) electrons. The summed E-state index contributed by atoms with van der Waals surface area (Å²) in [7, 11) is 4.55. The van der Waals surface area contributed by atoms with E-state index < -0.39 is 0 Å². The summed E-state index contributed by atoms with van der Waals surface area (Å²) in [6.07, 6.45) is 16.2. The van der Waals surface area contributed by atoms with E-state index >= 15 is 0 Å². The molecule has 3 rings (SSSR count). The fraction of sp³-hybridized carbons (Fsp3) is 0.450. The average molecular weight is 647 g/mol. The quantitative estimate of drug-likeness (QED) is 0.0931. The van der Waals surface area contributed by atoms with Gasteiger partial charge in [0.25, 0.3) is 0 Å². The van der Waals surface area contributed by atoms with Gasteiger partial charge < -0.3 is 20.3 Å². The Hall–Kier alpha value is -3.27. The fourth-order valence-corrected chi connectivity index (χ4v) is 4.93. The topological polar surface area (TPSA) is 60.2 Å². The van der Waals surface area contributed by atoms with E-state index in [9.17, 15) is 5.11 Å². The second-order valence-corrected chi connectivity index (χ2v) is 11.2. The zero-order chi connectivity index (χ0) is 34.6. The van der Waals surface area contributed by atoms with Crippen LogP contribution >= 0.6 is 9.24 Å². The van der Waals surface area contributed by atoms with Crippen LogP contribution in [0.15, 0.2) is 100 Å². The van der Waals surface area contributed by atoms with Crippen molar-refractivity contribution in [3.63, 3.8) is 0 Å². The van der Waals surface area contributed by atoms with Crippen LogP contribution in [0.4, 0.5) is 5.69 Å². The number of benzene rings is 2. The Labute approximate surface area is 284 Å². The molecule has 1 atom stereocenters. The van der Waals surface area contributed by atoms with Gasteiger partial charge in [0.05, 0.1) is 6.61 Å². The first-order valence-electron chi connectivity index (χ1n) is 17.0. The van der Waals surface area contributed by atoms with Crippen molar-refractivity contribution in [2.75, 3.05) is 38.2 Å². The molecule has 1 unspecified atom stereocenters. The molecule has 0 fully saturated rings. The van der Waals surface area contributed by atoms with Crippen molar-refractivity contribution in [3.8, 4) is 0 Å². The average Bonchev–Trinajstić information content (AvgIpc) is 3.29. The SMILES string of the molecule is C/C=C(/NCCCC)C1=CCC(c2ccc(N(CCO)CCCC)cc2)=C(Cc2cccc(P)c2)N=C1.C=CC.CC.CC=NC. The normalized spacial score (nSPS) is 12.5. The minimum atomic E-state index is 0.164. The molecule has 0 amide bonds. The molecule has 5 nitrogen and oxygen atoms in total. The molecule has 0 bridgehead atoms. The third-order valence-electron chi connectivity index (χ3n) is 6.99. The van der Waals surface area contributed by atoms with Crippen LogP contribution in [0.3, 0.4) is 0 Å². The predicted octanol–water partition coefficient (Wildman–Crippen LogP) is 9.36. The van der Waals surface area contributed by atoms with Gasteiger partial charge in [-0.15, -0.1) is 15.8 Å². The number of nitrogens with zero attached hydrogens (tertiary/aromatic N) is 3. The summed E-state index contributed by atoms with van der Waals surface area (Å²) in [5, 5.41) is 14.3. The van der Waals surface area contributed by atoms with Crippen LogP contribution in [-0.4, -0.2) is 50.8 Å². The minimum absolute atomic E-state index is 0.164. The van der Waals surface area contributed by atoms with Crippen LogP contribution in [0.25, 0.3) is 5.57 Å². The molecule has 0 aliphatic carbocycles. The first-order valence-corrected chi connectivity index (χ1v) is 17.6.